The van der Waals surface area contributed by atoms with Crippen molar-refractivity contribution in [3.05, 3.63) is 23.9 Å². The SMILES string of the molecule is CC[C@H](C)[C@H](NC(=O)OC(C)(C)C)C(=O)NCc1ccc(N2CCO[C@H](C)C2)nc1. The van der Waals surface area contributed by atoms with Crippen LogP contribution in [0.25, 0.3) is 0 Å². The number of aromatic nitrogens is 1. The Morgan fingerprint density at radius 2 is 2.10 bits per heavy atom. The summed E-state index contributed by atoms with van der Waals surface area (Å²) in [5.41, 5.74) is 0.278. The zero-order valence-electron chi connectivity index (χ0n) is 19.0. The summed E-state index contributed by atoms with van der Waals surface area (Å²) in [6, 6.07) is 3.26. The second kappa shape index (κ2) is 10.6. The quantitative estimate of drug-likeness (QED) is 0.705. The fourth-order valence-corrected chi connectivity index (χ4v) is 3.17. The van der Waals surface area contributed by atoms with Crippen LogP contribution in [-0.4, -0.2) is 54.4 Å². The summed E-state index contributed by atoms with van der Waals surface area (Å²) in [7, 11) is 0. The standard InChI is InChI=1S/C22H36N4O4/c1-7-15(2)19(25-21(28)30-22(4,5)6)20(27)24-13-17-8-9-18(23-12-17)26-10-11-29-16(3)14-26/h8-9,12,15-16,19H,7,10-11,13-14H2,1-6H3,(H,24,27)(H,25,28)/t15-,16+,19-/m0/s1. The molecule has 2 heterocycles. The number of morpholine rings is 1. The second-order valence-electron chi connectivity index (χ2n) is 8.88. The van der Waals surface area contributed by atoms with Gasteiger partial charge in [-0.05, 0) is 45.2 Å². The fraction of sp³-hybridized carbons (Fsp3) is 0.682. The molecule has 0 spiro atoms. The number of pyridine rings is 1. The Kier molecular flexibility index (Phi) is 8.46. The van der Waals surface area contributed by atoms with Gasteiger partial charge in [-0.25, -0.2) is 9.78 Å². The highest BCUT2D eigenvalue weighted by molar-refractivity contribution is 5.85. The molecule has 0 saturated carbocycles. The zero-order valence-corrected chi connectivity index (χ0v) is 19.0. The molecule has 1 aromatic rings. The Hall–Kier alpha value is -2.35. The van der Waals surface area contributed by atoms with E-state index in [1.807, 2.05) is 26.0 Å². The predicted molar refractivity (Wildman–Crippen MR) is 116 cm³/mol. The van der Waals surface area contributed by atoms with Crippen molar-refractivity contribution in [1.29, 1.82) is 0 Å². The molecule has 3 atom stereocenters. The predicted octanol–water partition coefficient (Wildman–Crippen LogP) is 2.86. The van der Waals surface area contributed by atoms with Crippen molar-refractivity contribution in [2.45, 2.75) is 72.3 Å². The molecular weight excluding hydrogens is 384 g/mol. The van der Waals surface area contributed by atoms with E-state index in [0.29, 0.717) is 13.2 Å². The molecule has 0 aliphatic carbocycles. The topological polar surface area (TPSA) is 92.8 Å². The molecule has 0 aromatic carbocycles. The van der Waals surface area contributed by atoms with Crippen LogP contribution in [0.5, 0.6) is 0 Å². The molecule has 2 amide bonds. The molecule has 1 aliphatic heterocycles. The van der Waals surface area contributed by atoms with Gasteiger partial charge in [-0.15, -0.1) is 0 Å². The van der Waals surface area contributed by atoms with Gasteiger partial charge in [0.1, 0.15) is 17.5 Å². The molecule has 0 radical (unpaired) electrons. The number of rotatable bonds is 7. The van der Waals surface area contributed by atoms with Crippen LogP contribution in [0.2, 0.25) is 0 Å². The van der Waals surface area contributed by atoms with Gasteiger partial charge < -0.3 is 25.0 Å². The van der Waals surface area contributed by atoms with Crippen LogP contribution < -0.4 is 15.5 Å². The van der Waals surface area contributed by atoms with Gasteiger partial charge >= 0.3 is 6.09 Å². The second-order valence-corrected chi connectivity index (χ2v) is 8.88. The molecule has 30 heavy (non-hydrogen) atoms. The summed E-state index contributed by atoms with van der Waals surface area (Å²) < 4.78 is 10.9. The highest BCUT2D eigenvalue weighted by Gasteiger charge is 2.28. The third kappa shape index (κ3) is 7.48. The molecule has 1 saturated heterocycles. The van der Waals surface area contributed by atoms with Crippen molar-refractivity contribution < 1.29 is 19.1 Å². The van der Waals surface area contributed by atoms with E-state index in [1.54, 1.807) is 27.0 Å². The lowest BCUT2D eigenvalue weighted by molar-refractivity contribution is -0.124. The first-order valence-corrected chi connectivity index (χ1v) is 10.7. The summed E-state index contributed by atoms with van der Waals surface area (Å²) in [6.45, 7) is 14.0. The number of anilines is 1. The number of amides is 2. The van der Waals surface area contributed by atoms with E-state index in [4.69, 9.17) is 9.47 Å². The van der Waals surface area contributed by atoms with Crippen molar-refractivity contribution >= 4 is 17.8 Å². The smallest absolute Gasteiger partial charge is 0.408 e. The normalized spacial score (nSPS) is 19.0. The maximum absolute atomic E-state index is 12.7. The van der Waals surface area contributed by atoms with Gasteiger partial charge in [-0.1, -0.05) is 26.3 Å². The third-order valence-electron chi connectivity index (χ3n) is 5.01. The van der Waals surface area contributed by atoms with E-state index >= 15 is 0 Å². The van der Waals surface area contributed by atoms with Crippen LogP contribution >= 0.6 is 0 Å². The number of nitrogens with zero attached hydrogens (tertiary/aromatic N) is 2. The number of ether oxygens (including phenoxy) is 2. The van der Waals surface area contributed by atoms with Gasteiger partial charge in [-0.2, -0.15) is 0 Å². The molecule has 2 rings (SSSR count). The number of hydrogen-bond donors (Lipinski definition) is 2. The van der Waals surface area contributed by atoms with Gasteiger partial charge in [0.2, 0.25) is 5.91 Å². The van der Waals surface area contributed by atoms with E-state index in [-0.39, 0.29) is 17.9 Å². The van der Waals surface area contributed by atoms with Crippen molar-refractivity contribution in [3.63, 3.8) is 0 Å². The fourth-order valence-electron chi connectivity index (χ4n) is 3.17. The van der Waals surface area contributed by atoms with Crippen molar-refractivity contribution in [2.24, 2.45) is 5.92 Å². The molecule has 0 bridgehead atoms. The van der Waals surface area contributed by atoms with Gasteiger partial charge in [-0.3, -0.25) is 4.79 Å². The lowest BCUT2D eigenvalue weighted by atomic mass is 9.98. The van der Waals surface area contributed by atoms with Crippen molar-refractivity contribution in [2.75, 3.05) is 24.6 Å². The molecule has 8 nitrogen and oxygen atoms in total. The van der Waals surface area contributed by atoms with Gasteiger partial charge in [0, 0.05) is 25.8 Å². The van der Waals surface area contributed by atoms with Crippen LogP contribution in [0.4, 0.5) is 10.6 Å². The van der Waals surface area contributed by atoms with E-state index in [9.17, 15) is 9.59 Å². The van der Waals surface area contributed by atoms with Gasteiger partial charge in [0.05, 0.1) is 12.7 Å². The number of carbonyl (C=O) groups excluding carboxylic acids is 2. The summed E-state index contributed by atoms with van der Waals surface area (Å²) in [5.74, 6) is 0.645. The minimum atomic E-state index is -0.660. The minimum Gasteiger partial charge on any atom is -0.444 e. The Balaban J connectivity index is 1.93. The number of carbonyl (C=O) groups is 2. The van der Waals surface area contributed by atoms with Crippen LogP contribution in [-0.2, 0) is 20.8 Å². The van der Waals surface area contributed by atoms with Crippen LogP contribution in [0.1, 0.15) is 53.5 Å². The van der Waals surface area contributed by atoms with Crippen LogP contribution in [0.15, 0.2) is 18.3 Å². The Bertz CT molecular complexity index is 702. The summed E-state index contributed by atoms with van der Waals surface area (Å²) in [6.07, 6.45) is 2.13. The monoisotopic (exact) mass is 420 g/mol. The van der Waals surface area contributed by atoms with Crippen molar-refractivity contribution in [3.8, 4) is 0 Å². The largest absolute Gasteiger partial charge is 0.444 e. The lowest BCUT2D eigenvalue weighted by Crippen LogP contribution is -2.51. The number of nitrogens with one attached hydrogen (secondary N) is 2. The molecular formula is C22H36N4O4. The first-order valence-electron chi connectivity index (χ1n) is 10.7. The average molecular weight is 421 g/mol. The maximum Gasteiger partial charge on any atom is 0.408 e. The highest BCUT2D eigenvalue weighted by Crippen LogP contribution is 2.16. The molecule has 1 aromatic heterocycles. The van der Waals surface area contributed by atoms with E-state index < -0.39 is 17.7 Å². The molecule has 1 aliphatic rings. The maximum atomic E-state index is 12.7. The summed E-state index contributed by atoms with van der Waals surface area (Å²) in [4.78, 5) is 31.6. The summed E-state index contributed by atoms with van der Waals surface area (Å²) >= 11 is 0. The van der Waals surface area contributed by atoms with Crippen LogP contribution in [0, 0.1) is 5.92 Å². The number of alkyl carbamates (subject to hydrolysis) is 1. The first-order chi connectivity index (χ1) is 14.1. The Morgan fingerprint density at radius 3 is 2.67 bits per heavy atom. The Morgan fingerprint density at radius 1 is 1.37 bits per heavy atom. The lowest BCUT2D eigenvalue weighted by Gasteiger charge is -2.32. The average Bonchev–Trinajstić information content (AvgIpc) is 2.68. The molecule has 0 unspecified atom stereocenters. The third-order valence-corrected chi connectivity index (χ3v) is 5.01. The first kappa shape index (κ1) is 23.9. The Labute approximate surface area is 179 Å². The molecule has 1 fully saturated rings. The molecule has 8 heteroatoms. The van der Waals surface area contributed by atoms with E-state index in [1.165, 1.54) is 0 Å². The number of hydrogen-bond acceptors (Lipinski definition) is 6. The van der Waals surface area contributed by atoms with E-state index in [2.05, 4.69) is 27.4 Å². The van der Waals surface area contributed by atoms with Gasteiger partial charge in [0.25, 0.3) is 0 Å². The zero-order chi connectivity index (χ0) is 22.3. The minimum absolute atomic E-state index is 0.0265. The molecule has 2 N–H and O–H groups in total. The summed E-state index contributed by atoms with van der Waals surface area (Å²) in [5, 5.41) is 5.61. The van der Waals surface area contributed by atoms with E-state index in [0.717, 1.165) is 30.9 Å². The molecule has 168 valence electrons. The van der Waals surface area contributed by atoms with Crippen molar-refractivity contribution in [1.82, 2.24) is 15.6 Å². The van der Waals surface area contributed by atoms with Crippen LogP contribution in [0.3, 0.4) is 0 Å². The highest BCUT2D eigenvalue weighted by atomic mass is 16.6. The van der Waals surface area contributed by atoms with Gasteiger partial charge in [0.15, 0.2) is 0 Å².